The normalized spacial score (nSPS) is 11.3. The van der Waals surface area contributed by atoms with Gasteiger partial charge in [0.1, 0.15) is 6.04 Å². The summed E-state index contributed by atoms with van der Waals surface area (Å²) in [5.74, 6) is -0.854. The van der Waals surface area contributed by atoms with Crippen LogP contribution in [0.3, 0.4) is 0 Å². The molecule has 0 aliphatic rings. The van der Waals surface area contributed by atoms with Crippen molar-refractivity contribution in [2.24, 2.45) is 5.73 Å². The van der Waals surface area contributed by atoms with Gasteiger partial charge in [-0.15, -0.1) is 0 Å². The van der Waals surface area contributed by atoms with Gasteiger partial charge in [-0.05, 0) is 23.6 Å². The Labute approximate surface area is 141 Å². The second-order valence-electron chi connectivity index (χ2n) is 5.48. The van der Waals surface area contributed by atoms with Gasteiger partial charge in [0.05, 0.1) is 11.6 Å². The van der Waals surface area contributed by atoms with Crippen LogP contribution in [0.4, 0.5) is 0 Å². The van der Waals surface area contributed by atoms with Crippen LogP contribution in [0.25, 0.3) is 0 Å². The first-order valence-electron chi connectivity index (χ1n) is 7.70. The third kappa shape index (κ3) is 4.96. The van der Waals surface area contributed by atoms with Crippen LogP contribution in [0.2, 0.25) is 0 Å². The highest BCUT2D eigenvalue weighted by molar-refractivity contribution is 5.87. The zero-order valence-corrected chi connectivity index (χ0v) is 13.2. The van der Waals surface area contributed by atoms with Gasteiger partial charge in [-0.25, -0.2) is 0 Å². The molecule has 122 valence electrons. The number of primary amides is 1. The zero-order valence-electron chi connectivity index (χ0n) is 13.2. The SMILES string of the molecule is N#Cc1ccccc1C[C@H](NC(=O)CCc1ccccc1)C(N)=O. The van der Waals surface area contributed by atoms with Crippen molar-refractivity contribution in [1.29, 1.82) is 5.26 Å². The van der Waals surface area contributed by atoms with Gasteiger partial charge in [-0.1, -0.05) is 48.5 Å². The number of hydrogen-bond donors (Lipinski definition) is 2. The van der Waals surface area contributed by atoms with Gasteiger partial charge < -0.3 is 11.1 Å². The average Bonchev–Trinajstić information content (AvgIpc) is 2.60. The Morgan fingerprint density at radius 3 is 2.42 bits per heavy atom. The maximum absolute atomic E-state index is 12.1. The van der Waals surface area contributed by atoms with Gasteiger partial charge in [0.25, 0.3) is 0 Å². The molecule has 0 unspecified atom stereocenters. The molecule has 5 heteroatoms. The standard InChI is InChI=1S/C19H19N3O2/c20-13-16-9-5-4-8-15(16)12-17(19(21)24)22-18(23)11-10-14-6-2-1-3-7-14/h1-9,17H,10-12H2,(H2,21,24)(H,22,23)/t17-/m0/s1. The molecule has 0 heterocycles. The van der Waals surface area contributed by atoms with Crippen molar-refractivity contribution in [1.82, 2.24) is 5.32 Å². The number of hydrogen-bond acceptors (Lipinski definition) is 3. The van der Waals surface area contributed by atoms with E-state index in [1.165, 1.54) is 0 Å². The number of nitriles is 1. The average molecular weight is 321 g/mol. The smallest absolute Gasteiger partial charge is 0.240 e. The number of aryl methyl sites for hydroxylation is 1. The van der Waals surface area contributed by atoms with Crippen LogP contribution in [0.5, 0.6) is 0 Å². The van der Waals surface area contributed by atoms with Crippen LogP contribution >= 0.6 is 0 Å². The molecule has 0 spiro atoms. The van der Waals surface area contributed by atoms with Crippen LogP contribution < -0.4 is 11.1 Å². The second-order valence-corrected chi connectivity index (χ2v) is 5.48. The summed E-state index contributed by atoms with van der Waals surface area (Å²) in [6, 6.07) is 17.8. The number of benzene rings is 2. The van der Waals surface area contributed by atoms with E-state index in [2.05, 4.69) is 11.4 Å². The largest absolute Gasteiger partial charge is 0.368 e. The summed E-state index contributed by atoms with van der Waals surface area (Å²) in [6.07, 6.45) is 1.07. The quantitative estimate of drug-likeness (QED) is 0.812. The second kappa shape index (κ2) is 8.49. The summed E-state index contributed by atoms with van der Waals surface area (Å²) in [6.45, 7) is 0. The lowest BCUT2D eigenvalue weighted by molar-refractivity contribution is -0.127. The third-order valence-electron chi connectivity index (χ3n) is 3.72. The molecular formula is C19H19N3O2. The molecule has 0 aromatic heterocycles. The number of nitrogens with zero attached hydrogens (tertiary/aromatic N) is 1. The summed E-state index contributed by atoms with van der Waals surface area (Å²) in [5.41, 5.74) is 7.61. The number of carbonyl (C=O) groups is 2. The lowest BCUT2D eigenvalue weighted by Crippen LogP contribution is -2.46. The Hall–Kier alpha value is -3.13. The molecule has 2 rings (SSSR count). The Morgan fingerprint density at radius 1 is 1.08 bits per heavy atom. The van der Waals surface area contributed by atoms with Crippen LogP contribution in [0.1, 0.15) is 23.1 Å². The van der Waals surface area contributed by atoms with Crippen molar-refractivity contribution >= 4 is 11.8 Å². The van der Waals surface area contributed by atoms with Crippen molar-refractivity contribution in [2.45, 2.75) is 25.3 Å². The summed E-state index contributed by atoms with van der Waals surface area (Å²) in [7, 11) is 0. The summed E-state index contributed by atoms with van der Waals surface area (Å²) < 4.78 is 0. The van der Waals surface area contributed by atoms with Crippen LogP contribution in [-0.2, 0) is 22.4 Å². The molecule has 2 aromatic carbocycles. The minimum absolute atomic E-state index is 0.205. The monoisotopic (exact) mass is 321 g/mol. The predicted molar refractivity (Wildman–Crippen MR) is 90.7 cm³/mol. The first kappa shape index (κ1) is 17.2. The van der Waals surface area contributed by atoms with E-state index in [1.807, 2.05) is 30.3 Å². The van der Waals surface area contributed by atoms with E-state index in [4.69, 9.17) is 11.0 Å². The molecule has 2 aromatic rings. The highest BCUT2D eigenvalue weighted by atomic mass is 16.2. The van der Waals surface area contributed by atoms with E-state index in [0.717, 1.165) is 5.56 Å². The van der Waals surface area contributed by atoms with E-state index < -0.39 is 11.9 Å². The molecule has 1 atom stereocenters. The van der Waals surface area contributed by atoms with Gasteiger partial charge in [-0.2, -0.15) is 5.26 Å². The molecule has 0 saturated heterocycles. The van der Waals surface area contributed by atoms with Gasteiger partial charge in [-0.3, -0.25) is 9.59 Å². The van der Waals surface area contributed by atoms with Crippen molar-refractivity contribution in [2.75, 3.05) is 0 Å². The Kier molecular flexibility index (Phi) is 6.09. The molecule has 24 heavy (non-hydrogen) atoms. The molecule has 3 N–H and O–H groups in total. The Bertz CT molecular complexity index is 751. The van der Waals surface area contributed by atoms with E-state index in [9.17, 15) is 9.59 Å². The first-order valence-corrected chi connectivity index (χ1v) is 7.70. The molecule has 0 aliphatic carbocycles. The number of amides is 2. The van der Waals surface area contributed by atoms with Crippen LogP contribution in [0, 0.1) is 11.3 Å². The van der Waals surface area contributed by atoms with Gasteiger partial charge >= 0.3 is 0 Å². The molecule has 0 bridgehead atoms. The van der Waals surface area contributed by atoms with Crippen LogP contribution in [-0.4, -0.2) is 17.9 Å². The number of carbonyl (C=O) groups excluding carboxylic acids is 2. The lowest BCUT2D eigenvalue weighted by Gasteiger charge is -2.16. The maximum Gasteiger partial charge on any atom is 0.240 e. The fraction of sp³-hybridized carbons (Fsp3) is 0.211. The lowest BCUT2D eigenvalue weighted by atomic mass is 10.00. The Morgan fingerprint density at radius 2 is 1.75 bits per heavy atom. The van der Waals surface area contributed by atoms with E-state index in [1.54, 1.807) is 24.3 Å². The van der Waals surface area contributed by atoms with E-state index >= 15 is 0 Å². The topological polar surface area (TPSA) is 96.0 Å². The van der Waals surface area contributed by atoms with Crippen LogP contribution in [0.15, 0.2) is 54.6 Å². The molecule has 0 aliphatic heterocycles. The van der Waals surface area contributed by atoms with Crippen molar-refractivity contribution < 1.29 is 9.59 Å². The fourth-order valence-electron chi connectivity index (χ4n) is 2.42. The minimum atomic E-state index is -0.831. The third-order valence-corrected chi connectivity index (χ3v) is 3.72. The van der Waals surface area contributed by atoms with E-state index in [0.29, 0.717) is 17.5 Å². The maximum atomic E-state index is 12.1. The zero-order chi connectivity index (χ0) is 17.4. The highest BCUT2D eigenvalue weighted by Gasteiger charge is 2.19. The molecule has 0 radical (unpaired) electrons. The van der Waals surface area contributed by atoms with Gasteiger partial charge in [0, 0.05) is 12.8 Å². The van der Waals surface area contributed by atoms with Crippen molar-refractivity contribution in [3.63, 3.8) is 0 Å². The van der Waals surface area contributed by atoms with Crippen molar-refractivity contribution in [3.05, 3.63) is 71.3 Å². The summed E-state index contributed by atoms with van der Waals surface area (Å²) in [5, 5.41) is 11.8. The minimum Gasteiger partial charge on any atom is -0.368 e. The molecule has 5 nitrogen and oxygen atoms in total. The predicted octanol–water partition coefficient (Wildman–Crippen LogP) is 1.70. The molecule has 0 fully saturated rings. The van der Waals surface area contributed by atoms with E-state index in [-0.39, 0.29) is 18.7 Å². The summed E-state index contributed by atoms with van der Waals surface area (Å²) in [4.78, 5) is 23.7. The molecule has 0 saturated carbocycles. The number of nitrogens with two attached hydrogens (primary N) is 1. The number of rotatable bonds is 7. The first-order chi connectivity index (χ1) is 11.6. The molecular weight excluding hydrogens is 302 g/mol. The summed E-state index contributed by atoms with van der Waals surface area (Å²) >= 11 is 0. The van der Waals surface area contributed by atoms with Crippen molar-refractivity contribution in [3.8, 4) is 6.07 Å². The Balaban J connectivity index is 1.97. The number of nitrogens with one attached hydrogen (secondary N) is 1. The fourth-order valence-corrected chi connectivity index (χ4v) is 2.42. The van der Waals surface area contributed by atoms with Gasteiger partial charge in [0.2, 0.25) is 11.8 Å². The van der Waals surface area contributed by atoms with Gasteiger partial charge in [0.15, 0.2) is 0 Å². The highest BCUT2D eigenvalue weighted by Crippen LogP contribution is 2.10. The molecule has 2 amide bonds.